The van der Waals surface area contributed by atoms with E-state index < -0.39 is 23.9 Å². The van der Waals surface area contributed by atoms with Crippen molar-refractivity contribution in [2.75, 3.05) is 20.3 Å². The third-order valence-electron chi connectivity index (χ3n) is 4.48. The number of carbonyl (C=O) groups is 2. The molecule has 1 unspecified atom stereocenters. The number of urea groups is 1. The first kappa shape index (κ1) is 20.7. The van der Waals surface area contributed by atoms with Gasteiger partial charge in [0.2, 0.25) is 0 Å². The summed E-state index contributed by atoms with van der Waals surface area (Å²) in [6.07, 6.45) is 0. The van der Waals surface area contributed by atoms with Crippen LogP contribution in [-0.2, 0) is 9.53 Å². The maximum Gasteiger partial charge on any atom is 0.338 e. The van der Waals surface area contributed by atoms with Crippen LogP contribution in [-0.4, -0.2) is 37.2 Å². The van der Waals surface area contributed by atoms with E-state index >= 15 is 0 Å². The molecule has 8 heteroatoms. The highest BCUT2D eigenvalue weighted by atomic mass is 35.5. The molecule has 6 nitrogen and oxygen atoms in total. The van der Waals surface area contributed by atoms with Gasteiger partial charge in [0.15, 0.2) is 0 Å². The number of rotatable bonds is 6. The van der Waals surface area contributed by atoms with Gasteiger partial charge in [0.05, 0.1) is 28.9 Å². The summed E-state index contributed by atoms with van der Waals surface area (Å²) >= 11 is 6.13. The van der Waals surface area contributed by atoms with Crippen molar-refractivity contribution in [2.24, 2.45) is 0 Å². The number of amides is 2. The number of likely N-dealkylation sites (N-methyl/N-ethyl adjacent to an activating group) is 1. The van der Waals surface area contributed by atoms with Crippen molar-refractivity contribution in [3.63, 3.8) is 0 Å². The summed E-state index contributed by atoms with van der Waals surface area (Å²) in [6, 6.07) is 11.2. The molecule has 0 saturated carbocycles. The van der Waals surface area contributed by atoms with Gasteiger partial charge in [-0.2, -0.15) is 0 Å². The first-order chi connectivity index (χ1) is 13.9. The molecule has 1 aliphatic heterocycles. The van der Waals surface area contributed by atoms with Crippen LogP contribution in [0.4, 0.5) is 9.18 Å². The minimum absolute atomic E-state index is 0.0838. The van der Waals surface area contributed by atoms with Gasteiger partial charge in [0.25, 0.3) is 0 Å². The summed E-state index contributed by atoms with van der Waals surface area (Å²) in [6.45, 7) is 1.77. The molecule has 0 fully saturated rings. The van der Waals surface area contributed by atoms with Crippen LogP contribution in [0, 0.1) is 5.82 Å². The Kier molecular flexibility index (Phi) is 6.39. The molecular weight excluding hydrogens is 399 g/mol. The normalized spacial score (nSPS) is 16.5. The summed E-state index contributed by atoms with van der Waals surface area (Å²) < 4.78 is 24.4. The molecule has 29 heavy (non-hydrogen) atoms. The Morgan fingerprint density at radius 2 is 1.90 bits per heavy atom. The molecule has 1 heterocycles. The highest BCUT2D eigenvalue weighted by molar-refractivity contribution is 6.32. The average Bonchev–Trinajstić information content (AvgIpc) is 2.70. The van der Waals surface area contributed by atoms with Crippen LogP contribution >= 0.6 is 11.6 Å². The molecule has 0 bridgehead atoms. The van der Waals surface area contributed by atoms with Gasteiger partial charge in [-0.1, -0.05) is 35.9 Å². The van der Waals surface area contributed by atoms with Crippen LogP contribution in [0.2, 0.25) is 5.02 Å². The fourth-order valence-electron chi connectivity index (χ4n) is 2.99. The van der Waals surface area contributed by atoms with E-state index in [-0.39, 0.29) is 18.8 Å². The molecule has 2 aromatic rings. The van der Waals surface area contributed by atoms with Crippen molar-refractivity contribution in [3.05, 3.63) is 76.2 Å². The second kappa shape index (κ2) is 8.96. The quantitative estimate of drug-likeness (QED) is 0.718. The van der Waals surface area contributed by atoms with Gasteiger partial charge in [-0.3, -0.25) is 4.90 Å². The summed E-state index contributed by atoms with van der Waals surface area (Å²) in [4.78, 5) is 26.6. The Labute approximate surface area is 172 Å². The van der Waals surface area contributed by atoms with Gasteiger partial charge in [-0.25, -0.2) is 14.0 Å². The largest absolute Gasteiger partial charge is 0.486 e. The van der Waals surface area contributed by atoms with E-state index in [4.69, 9.17) is 21.1 Å². The Morgan fingerprint density at radius 3 is 2.55 bits per heavy atom. The van der Waals surface area contributed by atoms with Gasteiger partial charge >= 0.3 is 12.0 Å². The molecule has 0 spiro atoms. The van der Waals surface area contributed by atoms with Gasteiger partial charge in [0, 0.05) is 7.05 Å². The number of esters is 1. The Morgan fingerprint density at radius 1 is 1.21 bits per heavy atom. The number of nitrogens with one attached hydrogen (secondary N) is 1. The third kappa shape index (κ3) is 4.51. The minimum Gasteiger partial charge on any atom is -0.486 e. The monoisotopic (exact) mass is 418 g/mol. The Balaban J connectivity index is 2.04. The molecule has 1 N–H and O–H groups in total. The number of nitrogens with zero attached hydrogens (tertiary/aromatic N) is 1. The van der Waals surface area contributed by atoms with E-state index in [1.54, 1.807) is 31.2 Å². The van der Waals surface area contributed by atoms with Crippen LogP contribution in [0.15, 0.2) is 59.8 Å². The summed E-state index contributed by atoms with van der Waals surface area (Å²) in [5, 5.41) is 3.16. The number of hydrogen-bond acceptors (Lipinski definition) is 4. The van der Waals surface area contributed by atoms with Gasteiger partial charge in [-0.15, -0.1) is 0 Å². The second-order valence-electron chi connectivity index (χ2n) is 6.29. The number of halogens is 2. The second-order valence-corrected chi connectivity index (χ2v) is 6.70. The van der Waals surface area contributed by atoms with Gasteiger partial charge in [-0.05, 0) is 36.8 Å². The standard InChI is InChI=1S/C21H20ClFN2O4/c1-3-28-20(26)18-16(12-29-17-7-5-4-6-15(17)22)25(2)21(27)24-19(18)13-8-10-14(23)11-9-13/h4-11,19H,3,12H2,1-2H3,(H,24,27). The highest BCUT2D eigenvalue weighted by Gasteiger charge is 2.37. The fourth-order valence-corrected chi connectivity index (χ4v) is 3.18. The van der Waals surface area contributed by atoms with E-state index in [9.17, 15) is 14.0 Å². The van der Waals surface area contributed by atoms with E-state index in [1.807, 2.05) is 0 Å². The van der Waals surface area contributed by atoms with Crippen LogP contribution in [0.3, 0.4) is 0 Å². The molecule has 1 aliphatic rings. The lowest BCUT2D eigenvalue weighted by molar-refractivity contribution is -0.139. The number of benzene rings is 2. The first-order valence-corrected chi connectivity index (χ1v) is 9.37. The molecule has 0 radical (unpaired) electrons. The lowest BCUT2D eigenvalue weighted by Crippen LogP contribution is -2.48. The van der Waals surface area contributed by atoms with Crippen LogP contribution in [0.1, 0.15) is 18.5 Å². The topological polar surface area (TPSA) is 67.9 Å². The summed E-state index contributed by atoms with van der Waals surface area (Å²) in [7, 11) is 1.53. The van der Waals surface area contributed by atoms with Crippen LogP contribution < -0.4 is 10.1 Å². The van der Waals surface area contributed by atoms with Crippen molar-refractivity contribution in [1.29, 1.82) is 0 Å². The minimum atomic E-state index is -0.803. The van der Waals surface area contributed by atoms with Crippen molar-refractivity contribution >= 4 is 23.6 Å². The highest BCUT2D eigenvalue weighted by Crippen LogP contribution is 2.32. The molecule has 2 aromatic carbocycles. The van der Waals surface area contributed by atoms with Crippen molar-refractivity contribution < 1.29 is 23.5 Å². The van der Waals surface area contributed by atoms with E-state index in [2.05, 4.69) is 5.32 Å². The third-order valence-corrected chi connectivity index (χ3v) is 4.79. The average molecular weight is 419 g/mol. The lowest BCUT2D eigenvalue weighted by Gasteiger charge is -2.34. The summed E-state index contributed by atoms with van der Waals surface area (Å²) in [5.74, 6) is -0.592. The van der Waals surface area contributed by atoms with Crippen LogP contribution in [0.25, 0.3) is 0 Å². The van der Waals surface area contributed by atoms with Gasteiger partial charge < -0.3 is 14.8 Å². The Bertz CT molecular complexity index is 946. The number of ether oxygens (including phenoxy) is 2. The number of hydrogen-bond donors (Lipinski definition) is 1. The SMILES string of the molecule is CCOC(=O)C1=C(COc2ccccc2Cl)N(C)C(=O)NC1c1ccc(F)cc1. The van der Waals surface area contributed by atoms with Crippen LogP contribution in [0.5, 0.6) is 5.75 Å². The zero-order chi connectivity index (χ0) is 21.0. The van der Waals surface area contributed by atoms with Crippen molar-refractivity contribution in [1.82, 2.24) is 10.2 Å². The molecule has 1 atom stereocenters. The Hall–Kier alpha value is -3.06. The molecule has 0 aliphatic carbocycles. The zero-order valence-corrected chi connectivity index (χ0v) is 16.7. The molecule has 152 valence electrons. The predicted octanol–water partition coefficient (Wildman–Crippen LogP) is 4.07. The molecular formula is C21H20ClFN2O4. The maximum atomic E-state index is 13.4. The van der Waals surface area contributed by atoms with Crippen molar-refractivity contribution in [3.8, 4) is 5.75 Å². The van der Waals surface area contributed by atoms with E-state index in [1.165, 1.54) is 36.2 Å². The lowest BCUT2D eigenvalue weighted by atomic mass is 9.94. The number of para-hydroxylation sites is 1. The zero-order valence-electron chi connectivity index (χ0n) is 15.9. The molecule has 0 aromatic heterocycles. The first-order valence-electron chi connectivity index (χ1n) is 8.99. The molecule has 2 amide bonds. The van der Waals surface area contributed by atoms with E-state index in [0.29, 0.717) is 22.0 Å². The maximum absolute atomic E-state index is 13.4. The predicted molar refractivity (Wildman–Crippen MR) is 106 cm³/mol. The van der Waals surface area contributed by atoms with E-state index in [0.717, 1.165) is 0 Å². The smallest absolute Gasteiger partial charge is 0.338 e. The molecule has 3 rings (SSSR count). The van der Waals surface area contributed by atoms with Gasteiger partial charge in [0.1, 0.15) is 18.2 Å². The fraction of sp³-hybridized carbons (Fsp3) is 0.238. The summed E-state index contributed by atoms with van der Waals surface area (Å²) in [5.41, 5.74) is 1.10. The molecule has 0 saturated heterocycles. The van der Waals surface area contributed by atoms with Crippen molar-refractivity contribution in [2.45, 2.75) is 13.0 Å². The number of carbonyl (C=O) groups excluding carboxylic acids is 2.